The zero-order chi connectivity index (χ0) is 33.3. The number of carbonyl (C=O) groups is 1. The molecule has 1 saturated heterocycles. The van der Waals surface area contributed by atoms with Crippen LogP contribution in [0.25, 0.3) is 11.3 Å². The fourth-order valence-electron chi connectivity index (χ4n) is 5.15. The summed E-state index contributed by atoms with van der Waals surface area (Å²) < 4.78 is 43.5. The summed E-state index contributed by atoms with van der Waals surface area (Å²) in [5.41, 5.74) is -1.31. The Balaban J connectivity index is 1.24. The zero-order valence-corrected chi connectivity index (χ0v) is 26.7. The number of halogens is 4. The number of aliphatic hydroxyl groups is 1. The molecule has 1 fully saturated rings. The van der Waals surface area contributed by atoms with Crippen LogP contribution >= 0.6 is 11.6 Å². The van der Waals surface area contributed by atoms with E-state index in [9.17, 15) is 23.1 Å². The minimum Gasteiger partial charge on any atom is -0.389 e. The highest BCUT2D eigenvalue weighted by molar-refractivity contribution is 6.31. The molecule has 0 saturated carbocycles. The number of amides is 1. The van der Waals surface area contributed by atoms with Crippen LogP contribution in [0.2, 0.25) is 5.02 Å². The maximum atomic E-state index is 14.7. The first kappa shape index (κ1) is 33.2. The van der Waals surface area contributed by atoms with E-state index in [0.717, 1.165) is 43.1 Å². The van der Waals surface area contributed by atoms with Gasteiger partial charge in [0.05, 0.1) is 46.6 Å². The molecule has 15 heteroatoms. The van der Waals surface area contributed by atoms with Crippen molar-refractivity contribution in [2.75, 3.05) is 16.8 Å². The lowest BCUT2D eigenvalue weighted by Gasteiger charge is -2.46. The number of benzene rings is 1. The molecule has 46 heavy (non-hydrogen) atoms. The summed E-state index contributed by atoms with van der Waals surface area (Å²) in [7, 11) is 0. The fourth-order valence-corrected chi connectivity index (χ4v) is 5.30. The van der Waals surface area contributed by atoms with E-state index in [1.165, 1.54) is 6.20 Å². The van der Waals surface area contributed by atoms with Gasteiger partial charge in [-0.2, -0.15) is 5.10 Å². The Morgan fingerprint density at radius 1 is 1.11 bits per heavy atom. The molecule has 1 aliphatic rings. The van der Waals surface area contributed by atoms with Crippen molar-refractivity contribution in [2.24, 2.45) is 0 Å². The van der Waals surface area contributed by atoms with Crippen LogP contribution in [0.3, 0.4) is 0 Å². The van der Waals surface area contributed by atoms with Gasteiger partial charge in [-0.3, -0.25) is 14.5 Å². The molecule has 244 valence electrons. The van der Waals surface area contributed by atoms with Crippen molar-refractivity contribution < 1.29 is 23.1 Å². The molecule has 3 aromatic heterocycles. The van der Waals surface area contributed by atoms with E-state index in [2.05, 4.69) is 47.5 Å². The lowest BCUT2D eigenvalue weighted by Crippen LogP contribution is -2.61. The predicted octanol–water partition coefficient (Wildman–Crippen LogP) is 5.44. The average molecular weight is 658 g/mol. The third-order valence-corrected chi connectivity index (χ3v) is 8.65. The summed E-state index contributed by atoms with van der Waals surface area (Å²) in [6.45, 7) is 10.4. The standard InChI is InChI=1S/C31H35ClF3N9O2/c1-16(40-18(3)31(4,5)46)25-8-9-43(25)30-37-10-19(11-38-30)17(2)44-15-20(12-39-44)41-29(45)24-14-36-13-23(42-24)26-21(28(34)35)6-7-22(32)27(26)33/h6-7,10-18,25,28,40,46H,8-9H2,1-5H3,(H,41,45)/t16-,17?,18-,25+/m1/s1. The number of anilines is 2. The van der Waals surface area contributed by atoms with Crippen molar-refractivity contribution in [1.29, 1.82) is 0 Å². The van der Waals surface area contributed by atoms with Crippen molar-refractivity contribution in [1.82, 2.24) is 35.0 Å². The molecule has 4 atom stereocenters. The van der Waals surface area contributed by atoms with Gasteiger partial charge in [0.15, 0.2) is 5.82 Å². The van der Waals surface area contributed by atoms with E-state index < -0.39 is 34.9 Å². The number of aromatic nitrogens is 6. The van der Waals surface area contributed by atoms with Gasteiger partial charge in [-0.1, -0.05) is 17.7 Å². The Morgan fingerprint density at radius 2 is 1.83 bits per heavy atom. The van der Waals surface area contributed by atoms with Gasteiger partial charge in [0.2, 0.25) is 5.95 Å². The normalized spacial score (nSPS) is 17.0. The molecule has 0 radical (unpaired) electrons. The largest absolute Gasteiger partial charge is 0.389 e. The Bertz CT molecular complexity index is 1700. The minimum atomic E-state index is -3.00. The van der Waals surface area contributed by atoms with Gasteiger partial charge in [0, 0.05) is 60.0 Å². The molecule has 1 amide bonds. The van der Waals surface area contributed by atoms with Gasteiger partial charge in [0.1, 0.15) is 5.69 Å². The molecule has 4 aromatic rings. The number of nitrogens with zero attached hydrogens (tertiary/aromatic N) is 7. The lowest BCUT2D eigenvalue weighted by atomic mass is 9.93. The Morgan fingerprint density at radius 3 is 2.46 bits per heavy atom. The van der Waals surface area contributed by atoms with E-state index >= 15 is 0 Å². The lowest BCUT2D eigenvalue weighted by molar-refractivity contribution is 0.0381. The van der Waals surface area contributed by atoms with Crippen LogP contribution in [0.4, 0.5) is 24.8 Å². The SMILES string of the molecule is CC(c1cnc(N2CC[C@H]2[C@@H](C)N[C@H](C)C(C)(C)O)nc1)n1cc(NC(=O)c2cncc(-c3c(C(F)F)ccc(Cl)c3F)n2)cn1. The van der Waals surface area contributed by atoms with Gasteiger partial charge in [0.25, 0.3) is 12.3 Å². The van der Waals surface area contributed by atoms with Gasteiger partial charge in [-0.15, -0.1) is 0 Å². The van der Waals surface area contributed by atoms with E-state index in [-0.39, 0.29) is 40.6 Å². The minimum absolute atomic E-state index is 0.0874. The third-order valence-electron chi connectivity index (χ3n) is 8.35. The summed E-state index contributed by atoms with van der Waals surface area (Å²) >= 11 is 5.82. The van der Waals surface area contributed by atoms with Crippen molar-refractivity contribution in [2.45, 2.75) is 77.2 Å². The number of hydrogen-bond acceptors (Lipinski definition) is 9. The van der Waals surface area contributed by atoms with Crippen molar-refractivity contribution in [3.63, 3.8) is 0 Å². The highest BCUT2D eigenvalue weighted by Gasteiger charge is 2.36. The average Bonchev–Trinajstić information content (AvgIpc) is 3.45. The van der Waals surface area contributed by atoms with Crippen molar-refractivity contribution in [3.05, 3.63) is 77.0 Å². The molecule has 5 rings (SSSR count). The molecular formula is C31H35ClF3N9O2. The summed E-state index contributed by atoms with van der Waals surface area (Å²) in [4.78, 5) is 32.3. The maximum absolute atomic E-state index is 14.7. The summed E-state index contributed by atoms with van der Waals surface area (Å²) in [6.07, 6.45) is 6.75. The number of nitrogens with one attached hydrogen (secondary N) is 2. The van der Waals surface area contributed by atoms with E-state index in [1.807, 2.05) is 13.8 Å². The smallest absolute Gasteiger partial charge is 0.275 e. The van der Waals surface area contributed by atoms with E-state index in [4.69, 9.17) is 11.6 Å². The molecule has 1 aliphatic heterocycles. The van der Waals surface area contributed by atoms with Crippen LogP contribution in [-0.4, -0.2) is 71.0 Å². The van der Waals surface area contributed by atoms with Crippen LogP contribution < -0.4 is 15.5 Å². The van der Waals surface area contributed by atoms with Crippen molar-refractivity contribution in [3.8, 4) is 11.3 Å². The first-order chi connectivity index (χ1) is 21.7. The van der Waals surface area contributed by atoms with E-state index in [0.29, 0.717) is 11.6 Å². The maximum Gasteiger partial charge on any atom is 0.275 e. The molecular weight excluding hydrogens is 623 g/mol. The topological polar surface area (TPSA) is 134 Å². The molecule has 1 aromatic carbocycles. The quantitative estimate of drug-likeness (QED) is 0.193. The third kappa shape index (κ3) is 6.98. The van der Waals surface area contributed by atoms with Crippen LogP contribution in [0.1, 0.15) is 75.1 Å². The number of alkyl halides is 2. The second-order valence-corrected chi connectivity index (χ2v) is 12.4. The van der Waals surface area contributed by atoms with Gasteiger partial charge in [-0.05, 0) is 47.1 Å². The van der Waals surface area contributed by atoms with Gasteiger partial charge < -0.3 is 20.6 Å². The predicted molar refractivity (Wildman–Crippen MR) is 168 cm³/mol. The second-order valence-electron chi connectivity index (χ2n) is 12.0. The number of hydrogen-bond donors (Lipinski definition) is 3. The Labute approximate surface area is 269 Å². The Hall–Kier alpha value is -4.14. The van der Waals surface area contributed by atoms with Gasteiger partial charge >= 0.3 is 0 Å². The van der Waals surface area contributed by atoms with Crippen LogP contribution in [0, 0.1) is 5.82 Å². The summed E-state index contributed by atoms with van der Waals surface area (Å²) in [5.74, 6) is -1.15. The fraction of sp³-hybridized carbons (Fsp3) is 0.419. The molecule has 11 nitrogen and oxygen atoms in total. The van der Waals surface area contributed by atoms with Crippen LogP contribution in [0.5, 0.6) is 0 Å². The number of carbonyl (C=O) groups excluding carboxylic acids is 1. The van der Waals surface area contributed by atoms with Crippen LogP contribution in [-0.2, 0) is 0 Å². The molecule has 0 aliphatic carbocycles. The molecule has 4 heterocycles. The van der Waals surface area contributed by atoms with E-state index in [1.54, 1.807) is 37.1 Å². The van der Waals surface area contributed by atoms with Gasteiger partial charge in [-0.25, -0.2) is 28.1 Å². The molecule has 0 spiro atoms. The monoisotopic (exact) mass is 657 g/mol. The molecule has 0 bridgehead atoms. The first-order valence-corrected chi connectivity index (χ1v) is 15.1. The summed E-state index contributed by atoms with van der Waals surface area (Å²) in [6, 6.07) is 2.00. The Kier molecular flexibility index (Phi) is 9.61. The number of rotatable bonds is 11. The second kappa shape index (κ2) is 13.3. The highest BCUT2D eigenvalue weighted by atomic mass is 35.5. The van der Waals surface area contributed by atoms with Crippen molar-refractivity contribution >= 4 is 29.1 Å². The first-order valence-electron chi connectivity index (χ1n) is 14.8. The molecule has 1 unspecified atom stereocenters. The van der Waals surface area contributed by atoms with Crippen LogP contribution in [0.15, 0.2) is 49.3 Å². The molecule has 3 N–H and O–H groups in total. The summed E-state index contributed by atoms with van der Waals surface area (Å²) in [5, 5.41) is 20.4. The zero-order valence-electron chi connectivity index (χ0n) is 25.9. The highest BCUT2D eigenvalue weighted by Crippen LogP contribution is 2.35.